The van der Waals surface area contributed by atoms with Crippen LogP contribution in [0.2, 0.25) is 0 Å². The number of carbonyl (C=O) groups excluding carboxylic acids is 1. The minimum Gasteiger partial charge on any atom is -0.299 e. The highest BCUT2D eigenvalue weighted by atomic mass is 16.1. The Morgan fingerprint density at radius 3 is 1.17 bits per heavy atom. The van der Waals surface area contributed by atoms with Gasteiger partial charge < -0.3 is 0 Å². The van der Waals surface area contributed by atoms with Gasteiger partial charge in [-0.25, -0.2) is 0 Å². The number of allylic oxidation sites excluding steroid dienone is 2. The first-order valence-corrected chi connectivity index (χ1v) is 11.0. The van der Waals surface area contributed by atoms with Gasteiger partial charge in [-0.3, -0.25) is 4.79 Å². The van der Waals surface area contributed by atoms with Gasteiger partial charge in [-0.05, 0) is 18.9 Å². The van der Waals surface area contributed by atoms with E-state index in [1.54, 1.807) is 6.08 Å². The molecule has 0 saturated carbocycles. The van der Waals surface area contributed by atoms with Crippen molar-refractivity contribution >= 4 is 6.29 Å². The molecule has 0 aromatic heterocycles. The fraction of sp³-hybridized carbons (Fsp3) is 0.870. The predicted octanol–water partition coefficient (Wildman–Crippen LogP) is 8.17. The number of aldehydes is 1. The van der Waals surface area contributed by atoms with Gasteiger partial charge in [0, 0.05) is 0 Å². The molecule has 0 unspecified atom stereocenters. The van der Waals surface area contributed by atoms with Crippen molar-refractivity contribution in [2.24, 2.45) is 0 Å². The summed E-state index contributed by atoms with van der Waals surface area (Å²) in [4.78, 5) is 10.1. The number of unbranched alkanes of at least 4 members (excludes halogenated alkanes) is 18. The summed E-state index contributed by atoms with van der Waals surface area (Å²) < 4.78 is 0. The maximum Gasteiger partial charge on any atom is 0.142 e. The van der Waals surface area contributed by atoms with E-state index in [4.69, 9.17) is 0 Å². The molecular weight excluding hydrogens is 292 g/mol. The van der Waals surface area contributed by atoms with Crippen molar-refractivity contribution in [1.29, 1.82) is 0 Å². The molecule has 0 aliphatic heterocycles. The Balaban J connectivity index is 2.98. The van der Waals surface area contributed by atoms with E-state index >= 15 is 0 Å². The van der Waals surface area contributed by atoms with Gasteiger partial charge in [-0.15, -0.1) is 0 Å². The van der Waals surface area contributed by atoms with Crippen molar-refractivity contribution in [3.63, 3.8) is 0 Å². The lowest BCUT2D eigenvalue weighted by molar-refractivity contribution is -0.104. The lowest BCUT2D eigenvalue weighted by atomic mass is 10.0. The lowest BCUT2D eigenvalue weighted by Crippen LogP contribution is -1.84. The summed E-state index contributed by atoms with van der Waals surface area (Å²) in [7, 11) is 0. The molecule has 0 bridgehead atoms. The molecule has 0 aromatic rings. The lowest BCUT2D eigenvalue weighted by Gasteiger charge is -2.03. The number of hydrogen-bond donors (Lipinski definition) is 0. The second-order valence-corrected chi connectivity index (χ2v) is 7.36. The molecule has 0 aromatic carbocycles. The van der Waals surface area contributed by atoms with Crippen molar-refractivity contribution in [2.75, 3.05) is 0 Å². The number of carbonyl (C=O) groups is 1. The van der Waals surface area contributed by atoms with Crippen LogP contribution in [0, 0.1) is 0 Å². The van der Waals surface area contributed by atoms with Gasteiger partial charge in [0.2, 0.25) is 0 Å². The van der Waals surface area contributed by atoms with Crippen molar-refractivity contribution in [2.45, 2.75) is 129 Å². The van der Waals surface area contributed by atoms with E-state index < -0.39 is 0 Å². The summed E-state index contributed by atoms with van der Waals surface area (Å²) in [5.74, 6) is 0. The van der Waals surface area contributed by atoms with Crippen LogP contribution in [0.25, 0.3) is 0 Å². The summed E-state index contributed by atoms with van der Waals surface area (Å²) in [6, 6.07) is 0. The van der Waals surface area contributed by atoms with Crippen LogP contribution in [0.5, 0.6) is 0 Å². The summed E-state index contributed by atoms with van der Waals surface area (Å²) >= 11 is 0. The highest BCUT2D eigenvalue weighted by Crippen LogP contribution is 2.14. The molecule has 0 heterocycles. The highest BCUT2D eigenvalue weighted by molar-refractivity contribution is 5.64. The van der Waals surface area contributed by atoms with Gasteiger partial charge in [0.05, 0.1) is 0 Å². The third kappa shape index (κ3) is 21.4. The third-order valence-electron chi connectivity index (χ3n) is 4.94. The zero-order chi connectivity index (χ0) is 17.6. The molecule has 0 atom stereocenters. The van der Waals surface area contributed by atoms with Gasteiger partial charge in [0.1, 0.15) is 6.29 Å². The Hall–Kier alpha value is -0.590. The molecule has 0 rings (SSSR count). The minimum absolute atomic E-state index is 0.870. The summed E-state index contributed by atoms with van der Waals surface area (Å²) in [6.07, 6.45) is 31.1. The molecule has 0 radical (unpaired) electrons. The van der Waals surface area contributed by atoms with Crippen LogP contribution < -0.4 is 0 Å². The fourth-order valence-electron chi connectivity index (χ4n) is 3.32. The van der Waals surface area contributed by atoms with Crippen LogP contribution in [0.15, 0.2) is 12.2 Å². The first kappa shape index (κ1) is 23.4. The first-order valence-electron chi connectivity index (χ1n) is 11.0. The quantitative estimate of drug-likeness (QED) is 0.124. The molecule has 0 aliphatic rings. The molecule has 1 heteroatoms. The molecule has 142 valence electrons. The molecule has 0 saturated heterocycles. The molecule has 1 nitrogen and oxygen atoms in total. The predicted molar refractivity (Wildman–Crippen MR) is 109 cm³/mol. The highest BCUT2D eigenvalue weighted by Gasteiger charge is 1.94. The number of rotatable bonds is 20. The first-order chi connectivity index (χ1) is 11.9. The molecule has 0 aliphatic carbocycles. The average molecular weight is 337 g/mol. The molecule has 0 amide bonds. The summed E-state index contributed by atoms with van der Waals surface area (Å²) in [6.45, 7) is 2.29. The monoisotopic (exact) mass is 336 g/mol. The van der Waals surface area contributed by atoms with Crippen LogP contribution in [-0.2, 0) is 4.79 Å². The van der Waals surface area contributed by atoms with Crippen LogP contribution in [0.4, 0.5) is 0 Å². The maximum atomic E-state index is 10.1. The molecule has 24 heavy (non-hydrogen) atoms. The topological polar surface area (TPSA) is 17.1 Å². The van der Waals surface area contributed by atoms with E-state index in [0.717, 1.165) is 12.7 Å². The van der Waals surface area contributed by atoms with Crippen LogP contribution in [0.3, 0.4) is 0 Å². The normalized spacial score (nSPS) is 11.4. The number of hydrogen-bond acceptors (Lipinski definition) is 1. The van der Waals surface area contributed by atoms with E-state index in [9.17, 15) is 4.79 Å². The van der Waals surface area contributed by atoms with E-state index in [0.29, 0.717) is 0 Å². The van der Waals surface area contributed by atoms with Gasteiger partial charge in [-0.2, -0.15) is 0 Å². The van der Waals surface area contributed by atoms with E-state index in [-0.39, 0.29) is 0 Å². The second kappa shape index (κ2) is 22.4. The largest absolute Gasteiger partial charge is 0.299 e. The zero-order valence-corrected chi connectivity index (χ0v) is 16.6. The Labute approximate surface area is 152 Å². The van der Waals surface area contributed by atoms with E-state index in [1.165, 1.54) is 116 Å². The Bertz CT molecular complexity index is 257. The second-order valence-electron chi connectivity index (χ2n) is 7.36. The Kier molecular flexibility index (Phi) is 21.9. The van der Waals surface area contributed by atoms with E-state index in [1.807, 2.05) is 6.08 Å². The zero-order valence-electron chi connectivity index (χ0n) is 16.6. The van der Waals surface area contributed by atoms with Gasteiger partial charge >= 0.3 is 0 Å². The summed E-state index contributed by atoms with van der Waals surface area (Å²) in [5.41, 5.74) is 0. The Morgan fingerprint density at radius 2 is 0.833 bits per heavy atom. The molecule has 0 spiro atoms. The van der Waals surface area contributed by atoms with Gasteiger partial charge in [0.15, 0.2) is 0 Å². The summed E-state index contributed by atoms with van der Waals surface area (Å²) in [5, 5.41) is 0. The maximum absolute atomic E-state index is 10.1. The smallest absolute Gasteiger partial charge is 0.142 e. The van der Waals surface area contributed by atoms with Gasteiger partial charge in [0.25, 0.3) is 0 Å². The van der Waals surface area contributed by atoms with Gasteiger partial charge in [-0.1, -0.05) is 122 Å². The third-order valence-corrected chi connectivity index (χ3v) is 4.94. The van der Waals surface area contributed by atoms with Crippen molar-refractivity contribution in [1.82, 2.24) is 0 Å². The average Bonchev–Trinajstić information content (AvgIpc) is 2.60. The molecule has 0 fully saturated rings. The SMILES string of the molecule is CCCCCCCCCCCCCCCCCCCCC=CC=O. The molecule has 0 N–H and O–H groups in total. The fourth-order valence-corrected chi connectivity index (χ4v) is 3.32. The van der Waals surface area contributed by atoms with Crippen LogP contribution in [0.1, 0.15) is 129 Å². The van der Waals surface area contributed by atoms with E-state index in [2.05, 4.69) is 6.92 Å². The Morgan fingerprint density at radius 1 is 0.500 bits per heavy atom. The molecular formula is C23H44O. The van der Waals surface area contributed by atoms with Crippen LogP contribution in [-0.4, -0.2) is 6.29 Å². The standard InChI is InChI=1S/C23H44O/c1-2-3-4-5-6-7-8-9-10-11-12-13-14-15-16-17-18-19-20-21-22-23-24/h21-23H,2-20H2,1H3. The van der Waals surface area contributed by atoms with Crippen molar-refractivity contribution in [3.05, 3.63) is 12.2 Å². The van der Waals surface area contributed by atoms with Crippen molar-refractivity contribution < 1.29 is 4.79 Å². The van der Waals surface area contributed by atoms with Crippen LogP contribution >= 0.6 is 0 Å². The minimum atomic E-state index is 0.870. The van der Waals surface area contributed by atoms with Crippen molar-refractivity contribution in [3.8, 4) is 0 Å².